The van der Waals surface area contributed by atoms with Gasteiger partial charge in [0.2, 0.25) is 11.8 Å². The summed E-state index contributed by atoms with van der Waals surface area (Å²) in [5.41, 5.74) is 0.866. The number of hydrogen-bond donors (Lipinski definition) is 1. The van der Waals surface area contributed by atoms with Gasteiger partial charge in [-0.1, -0.05) is 31.7 Å². The van der Waals surface area contributed by atoms with Crippen molar-refractivity contribution in [3.63, 3.8) is 0 Å². The fourth-order valence-electron chi connectivity index (χ4n) is 3.53. The van der Waals surface area contributed by atoms with Crippen LogP contribution in [0.1, 0.15) is 50.6 Å². The molecule has 5 nitrogen and oxygen atoms in total. The molecule has 0 spiro atoms. The molecule has 0 unspecified atom stereocenters. The van der Waals surface area contributed by atoms with E-state index in [-0.39, 0.29) is 17.7 Å². The van der Waals surface area contributed by atoms with Crippen molar-refractivity contribution in [1.29, 1.82) is 0 Å². The maximum atomic E-state index is 12.5. The Morgan fingerprint density at radius 3 is 2.70 bits per heavy atom. The lowest BCUT2D eigenvalue weighted by molar-refractivity contribution is -0.129. The molecular formula is C18H25N3O2. The van der Waals surface area contributed by atoms with Crippen molar-refractivity contribution in [3.05, 3.63) is 30.1 Å². The Hall–Kier alpha value is -1.91. The van der Waals surface area contributed by atoms with Gasteiger partial charge in [0.25, 0.3) is 0 Å². The number of aromatic nitrogens is 1. The Morgan fingerprint density at radius 1 is 1.22 bits per heavy atom. The molecule has 2 fully saturated rings. The lowest BCUT2D eigenvalue weighted by Gasteiger charge is -2.19. The summed E-state index contributed by atoms with van der Waals surface area (Å²) in [6, 6.07) is 5.98. The van der Waals surface area contributed by atoms with E-state index in [1.165, 1.54) is 25.7 Å². The number of carbonyl (C=O) groups is 2. The van der Waals surface area contributed by atoms with Crippen LogP contribution >= 0.6 is 0 Å². The van der Waals surface area contributed by atoms with Crippen LogP contribution in [-0.2, 0) is 16.1 Å². The fourth-order valence-corrected chi connectivity index (χ4v) is 3.53. The first kappa shape index (κ1) is 16.0. The fraction of sp³-hybridized carbons (Fsp3) is 0.611. The molecule has 2 amide bonds. The molecule has 2 heterocycles. The highest BCUT2D eigenvalue weighted by atomic mass is 16.2. The highest BCUT2D eigenvalue weighted by molar-refractivity contribution is 5.89. The number of carbonyl (C=O) groups excluding carboxylic acids is 2. The summed E-state index contributed by atoms with van der Waals surface area (Å²) in [7, 11) is 0. The van der Waals surface area contributed by atoms with Gasteiger partial charge in [0.1, 0.15) is 0 Å². The van der Waals surface area contributed by atoms with Crippen molar-refractivity contribution >= 4 is 11.8 Å². The predicted molar refractivity (Wildman–Crippen MR) is 87.4 cm³/mol. The molecule has 1 saturated heterocycles. The first-order valence-electron chi connectivity index (χ1n) is 8.70. The van der Waals surface area contributed by atoms with Gasteiger partial charge >= 0.3 is 0 Å². The minimum Gasteiger partial charge on any atom is -0.353 e. The Balaban J connectivity index is 1.53. The summed E-state index contributed by atoms with van der Waals surface area (Å²) in [5, 5.41) is 3.17. The third-order valence-electron chi connectivity index (χ3n) is 4.87. The van der Waals surface area contributed by atoms with Crippen LogP contribution in [0.5, 0.6) is 0 Å². The predicted octanol–water partition coefficient (Wildman–Crippen LogP) is 2.27. The van der Waals surface area contributed by atoms with E-state index in [0.717, 1.165) is 18.5 Å². The van der Waals surface area contributed by atoms with Crippen molar-refractivity contribution in [3.8, 4) is 0 Å². The number of pyridine rings is 1. The molecule has 0 aromatic carbocycles. The maximum absolute atomic E-state index is 12.5. The van der Waals surface area contributed by atoms with E-state index in [9.17, 15) is 9.59 Å². The van der Waals surface area contributed by atoms with Gasteiger partial charge in [0, 0.05) is 25.2 Å². The largest absolute Gasteiger partial charge is 0.353 e. The van der Waals surface area contributed by atoms with E-state index in [4.69, 9.17) is 0 Å². The lowest BCUT2D eigenvalue weighted by atomic mass is 10.0. The van der Waals surface area contributed by atoms with E-state index in [1.807, 2.05) is 18.2 Å². The molecule has 5 heteroatoms. The maximum Gasteiger partial charge on any atom is 0.225 e. The monoisotopic (exact) mass is 315 g/mol. The first-order chi connectivity index (χ1) is 11.2. The average molecular weight is 315 g/mol. The SMILES string of the molecule is O=C(NC1CCCCCC1)[C@@H]1CC(=O)N(Cc2ccccn2)C1. The molecule has 1 aromatic rings. The molecule has 3 rings (SSSR count). The second kappa shape index (κ2) is 7.57. The molecular weight excluding hydrogens is 290 g/mol. The second-order valence-electron chi connectivity index (χ2n) is 6.69. The number of rotatable bonds is 4. The van der Waals surface area contributed by atoms with Gasteiger partial charge in [0.15, 0.2) is 0 Å². The van der Waals surface area contributed by atoms with Crippen LogP contribution in [0.15, 0.2) is 24.4 Å². The number of amides is 2. The first-order valence-corrected chi connectivity index (χ1v) is 8.70. The van der Waals surface area contributed by atoms with E-state index >= 15 is 0 Å². The van der Waals surface area contributed by atoms with E-state index < -0.39 is 0 Å². The van der Waals surface area contributed by atoms with E-state index in [2.05, 4.69) is 10.3 Å². The van der Waals surface area contributed by atoms with Crippen LogP contribution in [0.25, 0.3) is 0 Å². The summed E-state index contributed by atoms with van der Waals surface area (Å²) in [4.78, 5) is 30.6. The zero-order chi connectivity index (χ0) is 16.1. The Kier molecular flexibility index (Phi) is 5.26. The summed E-state index contributed by atoms with van der Waals surface area (Å²) < 4.78 is 0. The van der Waals surface area contributed by atoms with Gasteiger partial charge < -0.3 is 10.2 Å². The third-order valence-corrected chi connectivity index (χ3v) is 4.87. The van der Waals surface area contributed by atoms with Crippen molar-refractivity contribution in [2.75, 3.05) is 6.54 Å². The van der Waals surface area contributed by atoms with Gasteiger partial charge in [-0.05, 0) is 25.0 Å². The number of nitrogens with zero attached hydrogens (tertiary/aromatic N) is 2. The molecule has 2 aliphatic rings. The third kappa shape index (κ3) is 4.30. The number of hydrogen-bond acceptors (Lipinski definition) is 3. The van der Waals surface area contributed by atoms with Gasteiger partial charge in [-0.25, -0.2) is 0 Å². The molecule has 1 saturated carbocycles. The molecule has 1 atom stereocenters. The standard InChI is InChI=1S/C18H25N3O2/c22-17-11-14(12-21(17)13-16-9-5-6-10-19-16)18(23)20-15-7-3-1-2-4-8-15/h5-6,9-10,14-15H,1-4,7-8,11-13H2,(H,20,23)/t14-/m1/s1. The van der Waals surface area contributed by atoms with Crippen LogP contribution in [0, 0.1) is 5.92 Å². The number of nitrogens with one attached hydrogen (secondary N) is 1. The molecule has 0 radical (unpaired) electrons. The normalized spacial score (nSPS) is 22.9. The van der Waals surface area contributed by atoms with E-state index in [1.54, 1.807) is 11.1 Å². The second-order valence-corrected chi connectivity index (χ2v) is 6.69. The van der Waals surface area contributed by atoms with Gasteiger partial charge in [-0.15, -0.1) is 0 Å². The summed E-state index contributed by atoms with van der Waals surface area (Å²) in [6.07, 6.45) is 9.13. The minimum absolute atomic E-state index is 0.0498. The lowest BCUT2D eigenvalue weighted by Crippen LogP contribution is -2.39. The molecule has 124 valence electrons. The zero-order valence-corrected chi connectivity index (χ0v) is 13.5. The summed E-state index contributed by atoms with van der Waals surface area (Å²) in [6.45, 7) is 1.00. The van der Waals surface area contributed by atoms with Crippen molar-refractivity contribution in [2.24, 2.45) is 5.92 Å². The van der Waals surface area contributed by atoms with Crippen LogP contribution < -0.4 is 5.32 Å². The van der Waals surface area contributed by atoms with E-state index in [0.29, 0.717) is 25.6 Å². The highest BCUT2D eigenvalue weighted by Crippen LogP contribution is 2.22. The van der Waals surface area contributed by atoms with Crippen molar-refractivity contribution in [1.82, 2.24) is 15.2 Å². The smallest absolute Gasteiger partial charge is 0.225 e. The van der Waals surface area contributed by atoms with Crippen LogP contribution in [0.3, 0.4) is 0 Å². The Morgan fingerprint density at radius 2 is 2.00 bits per heavy atom. The minimum atomic E-state index is -0.213. The van der Waals surface area contributed by atoms with Crippen LogP contribution in [-0.4, -0.2) is 34.3 Å². The quantitative estimate of drug-likeness (QED) is 0.867. The molecule has 0 bridgehead atoms. The van der Waals surface area contributed by atoms with Crippen LogP contribution in [0.4, 0.5) is 0 Å². The van der Waals surface area contributed by atoms with Crippen molar-refractivity contribution in [2.45, 2.75) is 57.5 Å². The van der Waals surface area contributed by atoms with Gasteiger partial charge in [0.05, 0.1) is 18.2 Å². The average Bonchev–Trinajstić information content (AvgIpc) is 2.75. The molecule has 1 aliphatic heterocycles. The Labute approximate surface area is 137 Å². The Bertz CT molecular complexity index is 538. The van der Waals surface area contributed by atoms with Gasteiger partial charge in [-0.3, -0.25) is 14.6 Å². The molecule has 1 N–H and O–H groups in total. The summed E-state index contributed by atoms with van der Waals surface area (Å²) >= 11 is 0. The summed E-state index contributed by atoms with van der Waals surface area (Å²) in [5.74, 6) is -0.111. The van der Waals surface area contributed by atoms with Gasteiger partial charge in [-0.2, -0.15) is 0 Å². The van der Waals surface area contributed by atoms with Crippen molar-refractivity contribution < 1.29 is 9.59 Å². The molecule has 1 aromatic heterocycles. The number of likely N-dealkylation sites (tertiary alicyclic amines) is 1. The highest BCUT2D eigenvalue weighted by Gasteiger charge is 2.35. The molecule has 23 heavy (non-hydrogen) atoms. The zero-order valence-electron chi connectivity index (χ0n) is 13.5. The topological polar surface area (TPSA) is 62.3 Å². The van der Waals surface area contributed by atoms with Crippen LogP contribution in [0.2, 0.25) is 0 Å². The molecule has 1 aliphatic carbocycles.